The summed E-state index contributed by atoms with van der Waals surface area (Å²) in [5, 5.41) is 20.5. The number of nitro groups is 1. The average Bonchev–Trinajstić information content (AvgIpc) is 2.45. The van der Waals surface area contributed by atoms with Crippen LogP contribution in [0.1, 0.15) is 17.2 Å². The molecule has 0 radical (unpaired) electrons. The van der Waals surface area contributed by atoms with E-state index in [-0.39, 0.29) is 29.4 Å². The van der Waals surface area contributed by atoms with Crippen LogP contribution in [0.15, 0.2) is 42.5 Å². The van der Waals surface area contributed by atoms with Gasteiger partial charge in [0.15, 0.2) is 0 Å². The number of hydrogen-bond donors (Lipinski definition) is 2. The molecule has 3 N–H and O–H groups in total. The van der Waals surface area contributed by atoms with Gasteiger partial charge in [0, 0.05) is 6.07 Å². The van der Waals surface area contributed by atoms with E-state index in [0.717, 1.165) is 30.3 Å². The molecule has 0 aliphatic rings. The summed E-state index contributed by atoms with van der Waals surface area (Å²) in [6.45, 7) is 0. The van der Waals surface area contributed by atoms with Crippen LogP contribution in [0, 0.1) is 10.1 Å². The molecule has 2 aromatic rings. The van der Waals surface area contributed by atoms with Crippen molar-refractivity contribution in [3.8, 4) is 11.5 Å². The van der Waals surface area contributed by atoms with Crippen molar-refractivity contribution >= 4 is 18.1 Å². The zero-order valence-corrected chi connectivity index (χ0v) is 12.7. The molecule has 0 aromatic heterocycles. The third-order valence-corrected chi connectivity index (χ3v) is 3.02. The lowest BCUT2D eigenvalue weighted by Gasteiger charge is -2.14. The molecule has 6 nitrogen and oxygen atoms in total. The van der Waals surface area contributed by atoms with Crippen molar-refractivity contribution in [2.75, 3.05) is 0 Å². The van der Waals surface area contributed by atoms with Crippen LogP contribution in [-0.2, 0) is 0 Å². The molecule has 2 aromatic carbocycles. The van der Waals surface area contributed by atoms with Crippen molar-refractivity contribution in [2.45, 2.75) is 12.4 Å². The molecule has 0 bridgehead atoms. The number of nitrogens with zero attached hydrogens (tertiary/aromatic N) is 1. The number of hydrogen-bond acceptors (Lipinski definition) is 5. The maximum absolute atomic E-state index is 12.1. The minimum atomic E-state index is -4.81. The van der Waals surface area contributed by atoms with Crippen molar-refractivity contribution < 1.29 is 27.9 Å². The largest absolute Gasteiger partial charge is 0.573 e. The van der Waals surface area contributed by atoms with Crippen LogP contribution in [0.25, 0.3) is 0 Å². The zero-order valence-electron chi connectivity index (χ0n) is 11.9. The summed E-state index contributed by atoms with van der Waals surface area (Å²) >= 11 is 0. The van der Waals surface area contributed by atoms with Crippen molar-refractivity contribution in [1.82, 2.24) is 0 Å². The van der Waals surface area contributed by atoms with E-state index in [4.69, 9.17) is 5.73 Å². The SMILES string of the molecule is Cl.N[C@@H](c1ccc(OC(F)(F)F)cc1)c1cc(O)ccc1[N+](=O)[O-]. The van der Waals surface area contributed by atoms with Gasteiger partial charge < -0.3 is 15.6 Å². The number of nitro benzene ring substituents is 1. The van der Waals surface area contributed by atoms with E-state index in [1.54, 1.807) is 0 Å². The van der Waals surface area contributed by atoms with Crippen molar-refractivity contribution in [1.29, 1.82) is 0 Å². The number of rotatable bonds is 4. The number of ether oxygens (including phenoxy) is 1. The predicted octanol–water partition coefficient (Wildman–Crippen LogP) is 3.67. The van der Waals surface area contributed by atoms with E-state index < -0.39 is 23.1 Å². The molecule has 130 valence electrons. The number of phenolic OH excluding ortho intramolecular Hbond substituents is 1. The first-order chi connectivity index (χ1) is 10.7. The first kappa shape index (κ1) is 19.5. The molecule has 10 heteroatoms. The molecule has 0 spiro atoms. The van der Waals surface area contributed by atoms with E-state index in [1.807, 2.05) is 0 Å². The van der Waals surface area contributed by atoms with Gasteiger partial charge in [-0.3, -0.25) is 10.1 Å². The number of halogens is 4. The van der Waals surface area contributed by atoms with Gasteiger partial charge in [-0.05, 0) is 29.8 Å². The highest BCUT2D eigenvalue weighted by atomic mass is 35.5. The highest BCUT2D eigenvalue weighted by molar-refractivity contribution is 5.85. The fraction of sp³-hybridized carbons (Fsp3) is 0.143. The lowest BCUT2D eigenvalue weighted by atomic mass is 9.98. The van der Waals surface area contributed by atoms with Crippen molar-refractivity contribution in [2.24, 2.45) is 5.73 Å². The van der Waals surface area contributed by atoms with Gasteiger partial charge in [-0.15, -0.1) is 25.6 Å². The summed E-state index contributed by atoms with van der Waals surface area (Å²) in [6.07, 6.45) is -4.81. The van der Waals surface area contributed by atoms with Crippen LogP contribution in [-0.4, -0.2) is 16.4 Å². The lowest BCUT2D eigenvalue weighted by Crippen LogP contribution is -2.17. The quantitative estimate of drug-likeness (QED) is 0.637. The monoisotopic (exact) mass is 364 g/mol. The van der Waals surface area contributed by atoms with E-state index in [0.29, 0.717) is 5.56 Å². The zero-order chi connectivity index (χ0) is 17.2. The van der Waals surface area contributed by atoms with Gasteiger partial charge in [0.05, 0.1) is 16.5 Å². The fourth-order valence-corrected chi connectivity index (χ4v) is 2.01. The Hall–Kier alpha value is -2.52. The Bertz CT molecular complexity index is 723. The lowest BCUT2D eigenvalue weighted by molar-refractivity contribution is -0.385. The molecular weight excluding hydrogens is 353 g/mol. The molecule has 24 heavy (non-hydrogen) atoms. The smallest absolute Gasteiger partial charge is 0.508 e. The van der Waals surface area contributed by atoms with Crippen LogP contribution in [0.2, 0.25) is 0 Å². The highest BCUT2D eigenvalue weighted by Crippen LogP contribution is 2.32. The molecular formula is C14H12ClF3N2O4. The van der Waals surface area contributed by atoms with E-state index in [2.05, 4.69) is 4.74 Å². The van der Waals surface area contributed by atoms with Gasteiger partial charge in [0.1, 0.15) is 11.5 Å². The Kier molecular flexibility index (Phi) is 5.99. The van der Waals surface area contributed by atoms with Crippen LogP contribution in [0.4, 0.5) is 18.9 Å². The van der Waals surface area contributed by atoms with Crippen LogP contribution in [0.3, 0.4) is 0 Å². The average molecular weight is 365 g/mol. The van der Waals surface area contributed by atoms with E-state index in [9.17, 15) is 28.4 Å². The van der Waals surface area contributed by atoms with Gasteiger partial charge in [-0.1, -0.05) is 12.1 Å². The van der Waals surface area contributed by atoms with Crippen LogP contribution < -0.4 is 10.5 Å². The normalized spacial score (nSPS) is 12.2. The van der Waals surface area contributed by atoms with Gasteiger partial charge >= 0.3 is 6.36 Å². The molecule has 2 rings (SSSR count). The molecule has 0 unspecified atom stereocenters. The molecule has 0 saturated heterocycles. The molecule has 0 amide bonds. The summed E-state index contributed by atoms with van der Waals surface area (Å²) < 4.78 is 40.0. The maximum atomic E-state index is 12.1. The summed E-state index contributed by atoms with van der Waals surface area (Å²) in [6, 6.07) is 7.03. The first-order valence-electron chi connectivity index (χ1n) is 6.26. The number of phenols is 1. The number of aromatic hydroxyl groups is 1. The number of nitrogens with two attached hydrogens (primary N) is 1. The van der Waals surface area contributed by atoms with Gasteiger partial charge in [-0.2, -0.15) is 0 Å². The van der Waals surface area contributed by atoms with E-state index >= 15 is 0 Å². The Morgan fingerprint density at radius 2 is 1.75 bits per heavy atom. The van der Waals surface area contributed by atoms with Gasteiger partial charge in [0.25, 0.3) is 5.69 Å². The summed E-state index contributed by atoms with van der Waals surface area (Å²) in [7, 11) is 0. The maximum Gasteiger partial charge on any atom is 0.573 e. The Morgan fingerprint density at radius 3 is 2.25 bits per heavy atom. The Balaban J connectivity index is 0.00000288. The number of alkyl halides is 3. The minimum Gasteiger partial charge on any atom is -0.508 e. The van der Waals surface area contributed by atoms with Gasteiger partial charge in [0.2, 0.25) is 0 Å². The standard InChI is InChI=1S/C14H11F3N2O4.ClH/c15-14(16,17)23-10-4-1-8(2-5-10)13(18)11-7-9(20)3-6-12(11)19(21)22;/h1-7,13,20H,18H2;1H/t13-;/m0./s1. The first-order valence-corrected chi connectivity index (χ1v) is 6.26. The van der Waals surface area contributed by atoms with Crippen molar-refractivity contribution in [3.05, 3.63) is 63.7 Å². The fourth-order valence-electron chi connectivity index (χ4n) is 2.01. The molecule has 0 saturated carbocycles. The highest BCUT2D eigenvalue weighted by Gasteiger charge is 2.31. The molecule has 0 aliphatic heterocycles. The minimum absolute atomic E-state index is 0. The second-order valence-corrected chi connectivity index (χ2v) is 4.59. The summed E-state index contributed by atoms with van der Waals surface area (Å²) in [5.41, 5.74) is 5.99. The topological polar surface area (TPSA) is 98.6 Å². The molecule has 0 aliphatic carbocycles. The molecule has 0 heterocycles. The van der Waals surface area contributed by atoms with Crippen LogP contribution in [0.5, 0.6) is 11.5 Å². The molecule has 1 atom stereocenters. The van der Waals surface area contributed by atoms with Gasteiger partial charge in [-0.25, -0.2) is 0 Å². The van der Waals surface area contributed by atoms with Crippen LogP contribution >= 0.6 is 12.4 Å². The Morgan fingerprint density at radius 1 is 1.17 bits per heavy atom. The number of benzene rings is 2. The Labute approximate surface area is 140 Å². The third-order valence-electron chi connectivity index (χ3n) is 3.02. The summed E-state index contributed by atoms with van der Waals surface area (Å²) in [5.74, 6) is -0.642. The second-order valence-electron chi connectivity index (χ2n) is 4.59. The third kappa shape index (κ3) is 4.74. The second kappa shape index (κ2) is 7.37. The van der Waals surface area contributed by atoms with E-state index in [1.165, 1.54) is 12.1 Å². The molecule has 0 fully saturated rings. The predicted molar refractivity (Wildman–Crippen MR) is 81.2 cm³/mol. The summed E-state index contributed by atoms with van der Waals surface area (Å²) in [4.78, 5) is 10.3. The van der Waals surface area contributed by atoms with Crippen molar-refractivity contribution in [3.63, 3.8) is 0 Å².